The van der Waals surface area contributed by atoms with Crippen molar-refractivity contribution in [2.45, 2.75) is 39.5 Å². The van der Waals surface area contributed by atoms with Crippen LogP contribution in [-0.2, 0) is 0 Å². The summed E-state index contributed by atoms with van der Waals surface area (Å²) in [6.07, 6.45) is 5.03. The smallest absolute Gasteiger partial charge is 0.317 e. The molecule has 1 aliphatic rings. The molecule has 0 aromatic carbocycles. The highest BCUT2D eigenvalue weighted by molar-refractivity contribution is 5.76. The van der Waals surface area contributed by atoms with E-state index in [0.717, 1.165) is 32.0 Å². The molecular formula is C11H22N2O. The van der Waals surface area contributed by atoms with Crippen molar-refractivity contribution in [3.05, 3.63) is 0 Å². The molecule has 1 N–H and O–H groups in total. The fraction of sp³-hybridized carbons (Fsp3) is 0.909. The summed E-state index contributed by atoms with van der Waals surface area (Å²) in [5.41, 5.74) is 0. The van der Waals surface area contributed by atoms with Crippen LogP contribution in [0.1, 0.15) is 39.5 Å². The lowest BCUT2D eigenvalue weighted by Crippen LogP contribution is -2.29. The first-order chi connectivity index (χ1) is 6.74. The normalized spacial score (nSPS) is 18.4. The Morgan fingerprint density at radius 3 is 2.86 bits per heavy atom. The second-order valence-electron chi connectivity index (χ2n) is 4.26. The van der Waals surface area contributed by atoms with E-state index in [-0.39, 0.29) is 6.03 Å². The zero-order valence-electron chi connectivity index (χ0n) is 9.38. The highest BCUT2D eigenvalue weighted by atomic mass is 16.2. The van der Waals surface area contributed by atoms with Gasteiger partial charge < -0.3 is 10.2 Å². The van der Waals surface area contributed by atoms with Crippen molar-refractivity contribution in [3.8, 4) is 0 Å². The zero-order valence-corrected chi connectivity index (χ0v) is 9.38. The van der Waals surface area contributed by atoms with Gasteiger partial charge in [0, 0.05) is 19.6 Å². The first-order valence-corrected chi connectivity index (χ1v) is 5.76. The number of nitrogens with one attached hydrogen (secondary N) is 1. The van der Waals surface area contributed by atoms with Gasteiger partial charge in [0.2, 0.25) is 0 Å². The van der Waals surface area contributed by atoms with E-state index in [2.05, 4.69) is 19.2 Å². The summed E-state index contributed by atoms with van der Waals surface area (Å²) in [4.78, 5) is 13.1. The average molecular weight is 198 g/mol. The second-order valence-corrected chi connectivity index (χ2v) is 4.26. The van der Waals surface area contributed by atoms with E-state index in [9.17, 15) is 4.79 Å². The van der Waals surface area contributed by atoms with Crippen molar-refractivity contribution in [1.29, 1.82) is 0 Å². The van der Waals surface area contributed by atoms with Gasteiger partial charge in [-0.25, -0.2) is 4.79 Å². The van der Waals surface area contributed by atoms with Gasteiger partial charge in [-0.2, -0.15) is 0 Å². The molecule has 0 radical (unpaired) electrons. The number of hydrogen-bond donors (Lipinski definition) is 1. The molecule has 1 fully saturated rings. The minimum atomic E-state index is 0.118. The monoisotopic (exact) mass is 198 g/mol. The molecule has 3 nitrogen and oxygen atoms in total. The van der Waals surface area contributed by atoms with Gasteiger partial charge in [-0.15, -0.1) is 0 Å². The number of amides is 2. The van der Waals surface area contributed by atoms with Crippen LogP contribution in [0.25, 0.3) is 0 Å². The fourth-order valence-corrected chi connectivity index (χ4v) is 1.80. The number of carbonyl (C=O) groups is 1. The standard InChI is InChI=1S/C11H22N2O/c1-3-4-5-10(2)6-8-13-9-7-12-11(13)14/h10H,3-9H2,1-2H3,(H,12,14). The molecular weight excluding hydrogens is 176 g/mol. The highest BCUT2D eigenvalue weighted by Gasteiger charge is 2.19. The zero-order chi connectivity index (χ0) is 10.4. The number of hydrogen-bond acceptors (Lipinski definition) is 1. The number of urea groups is 1. The maximum atomic E-state index is 11.2. The van der Waals surface area contributed by atoms with Crippen LogP contribution in [0, 0.1) is 5.92 Å². The number of rotatable bonds is 6. The molecule has 1 atom stereocenters. The Balaban J connectivity index is 2.10. The van der Waals surface area contributed by atoms with E-state index in [1.54, 1.807) is 0 Å². The Kier molecular flexibility index (Phi) is 4.77. The molecule has 3 heteroatoms. The molecule has 0 bridgehead atoms. The summed E-state index contributed by atoms with van der Waals surface area (Å²) < 4.78 is 0. The van der Waals surface area contributed by atoms with Gasteiger partial charge in [-0.05, 0) is 12.3 Å². The van der Waals surface area contributed by atoms with Crippen molar-refractivity contribution in [2.24, 2.45) is 5.92 Å². The van der Waals surface area contributed by atoms with Crippen LogP contribution in [0.2, 0.25) is 0 Å². The van der Waals surface area contributed by atoms with Crippen LogP contribution in [0.5, 0.6) is 0 Å². The Hall–Kier alpha value is -0.730. The molecule has 14 heavy (non-hydrogen) atoms. The van der Waals surface area contributed by atoms with Gasteiger partial charge in [0.1, 0.15) is 0 Å². The second kappa shape index (κ2) is 5.89. The van der Waals surface area contributed by atoms with Crippen molar-refractivity contribution in [1.82, 2.24) is 10.2 Å². The largest absolute Gasteiger partial charge is 0.336 e. The van der Waals surface area contributed by atoms with Crippen LogP contribution in [0.3, 0.4) is 0 Å². The van der Waals surface area contributed by atoms with Gasteiger partial charge in [-0.1, -0.05) is 33.1 Å². The maximum absolute atomic E-state index is 11.2. The third-order valence-electron chi connectivity index (χ3n) is 2.89. The topological polar surface area (TPSA) is 32.3 Å². The summed E-state index contributed by atoms with van der Waals surface area (Å²) in [6.45, 7) is 7.14. The quantitative estimate of drug-likeness (QED) is 0.697. The van der Waals surface area contributed by atoms with Crippen LogP contribution in [-0.4, -0.2) is 30.6 Å². The summed E-state index contributed by atoms with van der Waals surface area (Å²) >= 11 is 0. The van der Waals surface area contributed by atoms with Crippen LogP contribution in [0.15, 0.2) is 0 Å². The van der Waals surface area contributed by atoms with E-state index in [0.29, 0.717) is 0 Å². The summed E-state index contributed by atoms with van der Waals surface area (Å²) in [5, 5.41) is 2.82. The molecule has 1 saturated heterocycles. The van der Waals surface area contributed by atoms with Crippen molar-refractivity contribution >= 4 is 6.03 Å². The fourth-order valence-electron chi connectivity index (χ4n) is 1.80. The van der Waals surface area contributed by atoms with Crippen molar-refractivity contribution in [3.63, 3.8) is 0 Å². The third kappa shape index (κ3) is 3.56. The Labute approximate surface area is 86.9 Å². The third-order valence-corrected chi connectivity index (χ3v) is 2.89. The van der Waals surface area contributed by atoms with Crippen LogP contribution in [0.4, 0.5) is 4.79 Å². The molecule has 0 aromatic rings. The summed E-state index contributed by atoms with van der Waals surface area (Å²) in [6, 6.07) is 0.118. The van der Waals surface area contributed by atoms with Crippen LogP contribution < -0.4 is 5.32 Å². The van der Waals surface area contributed by atoms with E-state index in [4.69, 9.17) is 0 Å². The number of nitrogens with zero attached hydrogens (tertiary/aromatic N) is 1. The SMILES string of the molecule is CCCCC(C)CCN1CCNC1=O. The Morgan fingerprint density at radius 1 is 1.50 bits per heavy atom. The predicted molar refractivity (Wildman–Crippen MR) is 58.3 cm³/mol. The Morgan fingerprint density at radius 2 is 2.29 bits per heavy atom. The molecule has 0 saturated carbocycles. The molecule has 0 spiro atoms. The maximum Gasteiger partial charge on any atom is 0.317 e. The molecule has 82 valence electrons. The summed E-state index contributed by atoms with van der Waals surface area (Å²) in [5.74, 6) is 0.753. The van der Waals surface area contributed by atoms with Gasteiger partial charge in [-0.3, -0.25) is 0 Å². The molecule has 0 aliphatic carbocycles. The van der Waals surface area contributed by atoms with E-state index in [1.807, 2.05) is 4.90 Å². The van der Waals surface area contributed by atoms with Crippen LogP contribution >= 0.6 is 0 Å². The summed E-state index contributed by atoms with van der Waals surface area (Å²) in [7, 11) is 0. The Bertz CT molecular complexity index is 182. The van der Waals surface area contributed by atoms with E-state index < -0.39 is 0 Å². The lowest BCUT2D eigenvalue weighted by molar-refractivity contribution is 0.214. The molecule has 1 unspecified atom stereocenters. The lowest BCUT2D eigenvalue weighted by atomic mass is 10.0. The first kappa shape index (κ1) is 11.3. The molecule has 1 aliphatic heterocycles. The molecule has 1 heterocycles. The van der Waals surface area contributed by atoms with Gasteiger partial charge >= 0.3 is 6.03 Å². The lowest BCUT2D eigenvalue weighted by Gasteiger charge is -2.17. The molecule has 0 aromatic heterocycles. The predicted octanol–water partition coefficient (Wildman–Crippen LogP) is 2.23. The van der Waals surface area contributed by atoms with Crippen molar-refractivity contribution < 1.29 is 4.79 Å². The highest BCUT2D eigenvalue weighted by Crippen LogP contribution is 2.13. The van der Waals surface area contributed by atoms with Gasteiger partial charge in [0.15, 0.2) is 0 Å². The van der Waals surface area contributed by atoms with Crippen molar-refractivity contribution in [2.75, 3.05) is 19.6 Å². The average Bonchev–Trinajstić information content (AvgIpc) is 2.58. The van der Waals surface area contributed by atoms with Gasteiger partial charge in [0.05, 0.1) is 0 Å². The van der Waals surface area contributed by atoms with Gasteiger partial charge in [0.25, 0.3) is 0 Å². The number of unbranched alkanes of at least 4 members (excludes halogenated alkanes) is 1. The first-order valence-electron chi connectivity index (χ1n) is 5.76. The minimum Gasteiger partial charge on any atom is -0.336 e. The molecule has 1 rings (SSSR count). The van der Waals surface area contributed by atoms with E-state index in [1.165, 1.54) is 19.3 Å². The minimum absolute atomic E-state index is 0.118. The molecule has 2 amide bonds. The van der Waals surface area contributed by atoms with E-state index >= 15 is 0 Å². The number of carbonyl (C=O) groups excluding carboxylic acids is 1.